The van der Waals surface area contributed by atoms with Crippen LogP contribution < -0.4 is 10.6 Å². The molecule has 1 heterocycles. The smallest absolute Gasteiger partial charge is 0.258 e. The number of amides is 3. The van der Waals surface area contributed by atoms with Gasteiger partial charge in [0.25, 0.3) is 5.91 Å². The highest BCUT2D eigenvalue weighted by Crippen LogP contribution is 2.40. The van der Waals surface area contributed by atoms with Crippen molar-refractivity contribution in [3.05, 3.63) is 35.4 Å². The Morgan fingerprint density at radius 2 is 1.85 bits per heavy atom. The van der Waals surface area contributed by atoms with Crippen molar-refractivity contribution in [3.8, 4) is 0 Å². The summed E-state index contributed by atoms with van der Waals surface area (Å²) >= 11 is 0. The summed E-state index contributed by atoms with van der Waals surface area (Å²) in [6.45, 7) is 9.79. The lowest BCUT2D eigenvalue weighted by molar-refractivity contribution is -0.145. The summed E-state index contributed by atoms with van der Waals surface area (Å²) in [5, 5.41) is 15.7. The molecule has 0 radical (unpaired) electrons. The number of β-amino-alcohol motifs (C(OH)–C–C–N with tert-alkyl or cyclic N) is 1. The predicted octanol–water partition coefficient (Wildman–Crippen LogP) is 2.42. The van der Waals surface area contributed by atoms with Crippen molar-refractivity contribution in [2.75, 3.05) is 6.54 Å². The molecule has 33 heavy (non-hydrogen) atoms. The van der Waals surface area contributed by atoms with Crippen molar-refractivity contribution >= 4 is 17.7 Å². The number of likely N-dealkylation sites (tertiary alicyclic amines) is 1. The van der Waals surface area contributed by atoms with Crippen molar-refractivity contribution in [1.29, 1.82) is 0 Å². The van der Waals surface area contributed by atoms with Crippen LogP contribution in [-0.4, -0.2) is 58.1 Å². The van der Waals surface area contributed by atoms with Crippen molar-refractivity contribution in [3.63, 3.8) is 0 Å². The molecule has 3 atom stereocenters. The van der Waals surface area contributed by atoms with E-state index in [-0.39, 0.29) is 31.7 Å². The zero-order chi connectivity index (χ0) is 24.6. The molecule has 1 aromatic rings. The number of aliphatic hydroxyl groups is 1. The summed E-state index contributed by atoms with van der Waals surface area (Å²) in [4.78, 5) is 40.2. The van der Waals surface area contributed by atoms with E-state index in [1.807, 2.05) is 24.3 Å². The van der Waals surface area contributed by atoms with Crippen LogP contribution in [0.2, 0.25) is 0 Å². The van der Waals surface area contributed by atoms with E-state index in [9.17, 15) is 23.9 Å². The van der Waals surface area contributed by atoms with Gasteiger partial charge in [-0.05, 0) is 35.3 Å². The van der Waals surface area contributed by atoms with E-state index in [1.165, 1.54) is 4.90 Å². The molecule has 1 saturated heterocycles. The second kappa shape index (κ2) is 9.41. The van der Waals surface area contributed by atoms with Gasteiger partial charge < -0.3 is 20.6 Å². The van der Waals surface area contributed by atoms with Crippen molar-refractivity contribution in [2.45, 2.75) is 90.2 Å². The quantitative estimate of drug-likeness (QED) is 0.581. The van der Waals surface area contributed by atoms with E-state index in [2.05, 4.69) is 24.5 Å². The van der Waals surface area contributed by atoms with Gasteiger partial charge in [-0.15, -0.1) is 0 Å². The molecule has 3 rings (SSSR count). The van der Waals surface area contributed by atoms with Crippen LogP contribution in [0.5, 0.6) is 0 Å². The highest BCUT2D eigenvalue weighted by atomic mass is 19.1. The monoisotopic (exact) mass is 461 g/mol. The van der Waals surface area contributed by atoms with Crippen LogP contribution in [0.3, 0.4) is 0 Å². The number of rotatable bonds is 7. The Balaban J connectivity index is 1.73. The molecule has 182 valence electrons. The van der Waals surface area contributed by atoms with E-state index in [1.54, 1.807) is 20.8 Å². The molecule has 1 aliphatic heterocycles. The lowest BCUT2D eigenvalue weighted by atomic mass is 9.85. The number of aliphatic hydroxyl groups excluding tert-OH is 1. The maximum absolute atomic E-state index is 14.3. The molecule has 2 fully saturated rings. The van der Waals surface area contributed by atoms with Crippen molar-refractivity contribution in [2.24, 2.45) is 5.41 Å². The fraction of sp³-hybridized carbons (Fsp3) is 0.640. The first kappa shape index (κ1) is 25.1. The van der Waals surface area contributed by atoms with Crippen LogP contribution in [0.15, 0.2) is 24.3 Å². The normalized spacial score (nSPS) is 22.7. The molecule has 0 aromatic heterocycles. The number of hydrogen-bond donors (Lipinski definition) is 3. The van der Waals surface area contributed by atoms with Gasteiger partial charge in [-0.25, -0.2) is 4.39 Å². The Labute approximate surface area is 195 Å². The van der Waals surface area contributed by atoms with Crippen LogP contribution in [0.1, 0.15) is 70.9 Å². The number of benzene rings is 1. The number of alkyl halides is 1. The Bertz CT molecular complexity index is 907. The Hall–Kier alpha value is -2.48. The van der Waals surface area contributed by atoms with E-state index >= 15 is 0 Å². The van der Waals surface area contributed by atoms with Gasteiger partial charge in [0.2, 0.25) is 11.8 Å². The molecule has 8 heteroatoms. The molecule has 1 aliphatic carbocycles. The van der Waals surface area contributed by atoms with Crippen molar-refractivity contribution in [1.82, 2.24) is 15.5 Å². The van der Waals surface area contributed by atoms with E-state index in [0.29, 0.717) is 12.5 Å². The minimum absolute atomic E-state index is 0.0112. The molecule has 7 nitrogen and oxygen atoms in total. The second-order valence-corrected chi connectivity index (χ2v) is 10.7. The molecule has 1 saturated carbocycles. The minimum Gasteiger partial charge on any atom is -0.391 e. The first-order valence-corrected chi connectivity index (χ1v) is 11.7. The Kier molecular flexibility index (Phi) is 7.17. The van der Waals surface area contributed by atoms with Gasteiger partial charge in [0, 0.05) is 19.5 Å². The first-order chi connectivity index (χ1) is 15.3. The molecule has 1 aromatic carbocycles. The maximum Gasteiger partial charge on any atom is 0.258 e. The van der Waals surface area contributed by atoms with Gasteiger partial charge in [0.1, 0.15) is 12.1 Å². The number of nitrogens with one attached hydrogen (secondary N) is 2. The van der Waals surface area contributed by atoms with Gasteiger partial charge in [-0.2, -0.15) is 0 Å². The number of halogens is 1. The maximum atomic E-state index is 14.3. The summed E-state index contributed by atoms with van der Waals surface area (Å²) in [7, 11) is 0. The SMILES string of the molecule is CC(C)c1ccccc1CNC(=O)[C@@H]1C[C@@H](O)CN1C(=O)[C@@H](NC(=O)C1(F)CC1)C(C)(C)C. The third-order valence-corrected chi connectivity index (χ3v) is 6.48. The number of carbonyl (C=O) groups is 3. The molecule has 2 aliphatic rings. The zero-order valence-electron chi connectivity index (χ0n) is 20.2. The van der Waals surface area contributed by atoms with E-state index in [4.69, 9.17) is 0 Å². The largest absolute Gasteiger partial charge is 0.391 e. The number of carbonyl (C=O) groups excluding carboxylic acids is 3. The lowest BCUT2D eigenvalue weighted by Crippen LogP contribution is -2.59. The van der Waals surface area contributed by atoms with Crippen molar-refractivity contribution < 1.29 is 23.9 Å². The van der Waals surface area contributed by atoms with Gasteiger partial charge in [-0.3, -0.25) is 14.4 Å². The van der Waals surface area contributed by atoms with Crippen LogP contribution in [0.25, 0.3) is 0 Å². The van der Waals surface area contributed by atoms with Gasteiger partial charge in [0.05, 0.1) is 6.10 Å². The Morgan fingerprint density at radius 1 is 1.21 bits per heavy atom. The molecule has 0 bridgehead atoms. The van der Waals surface area contributed by atoms with Crippen LogP contribution in [-0.2, 0) is 20.9 Å². The van der Waals surface area contributed by atoms with Crippen LogP contribution in [0.4, 0.5) is 4.39 Å². The summed E-state index contributed by atoms with van der Waals surface area (Å²) in [6.07, 6.45) is -0.439. The number of nitrogens with zero attached hydrogens (tertiary/aromatic N) is 1. The average Bonchev–Trinajstić information content (AvgIpc) is 3.37. The molecule has 0 spiro atoms. The molecule has 0 unspecified atom stereocenters. The zero-order valence-corrected chi connectivity index (χ0v) is 20.2. The third kappa shape index (κ3) is 5.72. The summed E-state index contributed by atoms with van der Waals surface area (Å²) in [5.74, 6) is -1.34. The van der Waals surface area contributed by atoms with Crippen LogP contribution in [0, 0.1) is 5.41 Å². The standard InChI is InChI=1S/C25H36FN3O4/c1-15(2)18-9-7-6-8-16(18)13-27-21(31)19-12-17(30)14-29(19)22(32)20(24(3,4)5)28-23(33)25(26)10-11-25/h6-9,15,17,19-20,30H,10-14H2,1-5H3,(H,27,31)(H,28,33)/t17-,19+,20-/m1/s1. The summed E-state index contributed by atoms with van der Waals surface area (Å²) < 4.78 is 14.3. The number of hydrogen-bond acceptors (Lipinski definition) is 4. The molecule has 3 amide bonds. The van der Waals surface area contributed by atoms with Crippen LogP contribution >= 0.6 is 0 Å². The van der Waals surface area contributed by atoms with E-state index in [0.717, 1.165) is 11.1 Å². The molecular formula is C25H36FN3O4. The predicted molar refractivity (Wildman–Crippen MR) is 123 cm³/mol. The average molecular weight is 462 g/mol. The fourth-order valence-electron chi connectivity index (χ4n) is 4.28. The topological polar surface area (TPSA) is 98.7 Å². The molecular weight excluding hydrogens is 425 g/mol. The van der Waals surface area contributed by atoms with Gasteiger partial charge in [0.15, 0.2) is 5.67 Å². The Morgan fingerprint density at radius 3 is 2.42 bits per heavy atom. The lowest BCUT2D eigenvalue weighted by Gasteiger charge is -2.35. The third-order valence-electron chi connectivity index (χ3n) is 6.48. The fourth-order valence-corrected chi connectivity index (χ4v) is 4.28. The molecule has 3 N–H and O–H groups in total. The highest BCUT2D eigenvalue weighted by molar-refractivity contribution is 5.95. The summed E-state index contributed by atoms with van der Waals surface area (Å²) in [5.41, 5.74) is -0.486. The first-order valence-electron chi connectivity index (χ1n) is 11.7. The minimum atomic E-state index is -1.91. The van der Waals surface area contributed by atoms with E-state index < -0.39 is 41.1 Å². The highest BCUT2D eigenvalue weighted by Gasteiger charge is 2.53. The van der Waals surface area contributed by atoms with Gasteiger partial charge in [-0.1, -0.05) is 58.9 Å². The van der Waals surface area contributed by atoms with Gasteiger partial charge >= 0.3 is 0 Å². The second-order valence-electron chi connectivity index (χ2n) is 10.7. The summed E-state index contributed by atoms with van der Waals surface area (Å²) in [6, 6.07) is 5.98.